The molecular weight excluding hydrogens is 646 g/mol. The van der Waals surface area contributed by atoms with Gasteiger partial charge in [-0.2, -0.15) is 0 Å². The van der Waals surface area contributed by atoms with Crippen LogP contribution in [0.4, 0.5) is 5.69 Å². The molecule has 0 aromatic heterocycles. The van der Waals surface area contributed by atoms with E-state index in [0.29, 0.717) is 17.4 Å². The van der Waals surface area contributed by atoms with Crippen molar-refractivity contribution >= 4 is 39.1 Å². The number of aryl methyl sites for hydroxylation is 1. The first kappa shape index (κ1) is 35.0. The van der Waals surface area contributed by atoms with Crippen LogP contribution in [0.3, 0.4) is 0 Å². The molecule has 0 spiro atoms. The number of nitrogens with one attached hydrogen (secondary N) is 1. The maximum atomic E-state index is 14.8. The Morgan fingerprint density at radius 1 is 0.875 bits per heavy atom. The van der Waals surface area contributed by atoms with Gasteiger partial charge in [0.15, 0.2) is 0 Å². The summed E-state index contributed by atoms with van der Waals surface area (Å²) in [5, 5.41) is 3.59. The maximum Gasteiger partial charge on any atom is 0.264 e. The summed E-state index contributed by atoms with van der Waals surface area (Å²) >= 11 is 6.10. The molecule has 1 N–H and O–H groups in total. The first-order chi connectivity index (χ1) is 23.2. The van der Waals surface area contributed by atoms with E-state index in [0.717, 1.165) is 46.7 Å². The third kappa shape index (κ3) is 8.76. The number of amides is 2. The summed E-state index contributed by atoms with van der Waals surface area (Å²) in [5.74, 6) is -0.467. The Kier molecular flexibility index (Phi) is 11.8. The lowest BCUT2D eigenvalue weighted by atomic mass is 10.0. The van der Waals surface area contributed by atoms with E-state index in [1.807, 2.05) is 61.5 Å². The maximum absolute atomic E-state index is 14.8. The highest BCUT2D eigenvalue weighted by Gasteiger charge is 2.36. The highest BCUT2D eigenvalue weighted by Crippen LogP contribution is 2.33. The molecule has 8 nitrogen and oxygen atoms in total. The van der Waals surface area contributed by atoms with Gasteiger partial charge >= 0.3 is 0 Å². The fourth-order valence-corrected chi connectivity index (χ4v) is 7.55. The summed E-state index contributed by atoms with van der Waals surface area (Å²) < 4.78 is 35.6. The molecule has 4 aromatic carbocycles. The second kappa shape index (κ2) is 16.2. The molecule has 252 valence electrons. The van der Waals surface area contributed by atoms with Gasteiger partial charge in [-0.05, 0) is 74.2 Å². The van der Waals surface area contributed by atoms with Gasteiger partial charge in [0.1, 0.15) is 18.3 Å². The second-order valence-corrected chi connectivity index (χ2v) is 14.4. The zero-order valence-electron chi connectivity index (χ0n) is 27.3. The number of benzene rings is 4. The van der Waals surface area contributed by atoms with Crippen LogP contribution in [0.2, 0.25) is 5.02 Å². The number of para-hydroxylation sites is 2. The van der Waals surface area contributed by atoms with E-state index < -0.39 is 28.5 Å². The van der Waals surface area contributed by atoms with Crippen LogP contribution in [0.15, 0.2) is 108 Å². The predicted molar refractivity (Wildman–Crippen MR) is 190 cm³/mol. The molecule has 10 heteroatoms. The molecule has 0 saturated heterocycles. The summed E-state index contributed by atoms with van der Waals surface area (Å²) in [6.45, 7) is 3.62. The van der Waals surface area contributed by atoms with Crippen LogP contribution < -0.4 is 14.4 Å². The topological polar surface area (TPSA) is 96.0 Å². The molecule has 5 rings (SSSR count). The average molecular weight is 688 g/mol. The number of rotatable bonds is 14. The number of anilines is 1. The monoisotopic (exact) mass is 687 g/mol. The van der Waals surface area contributed by atoms with Gasteiger partial charge in [0.2, 0.25) is 11.8 Å². The molecule has 0 unspecified atom stereocenters. The Labute approximate surface area is 288 Å². The van der Waals surface area contributed by atoms with Crippen molar-refractivity contribution in [2.75, 3.05) is 17.5 Å². The lowest BCUT2D eigenvalue weighted by molar-refractivity contribution is -0.140. The van der Waals surface area contributed by atoms with Crippen LogP contribution in [0.1, 0.15) is 49.3 Å². The minimum Gasteiger partial charge on any atom is -0.492 e. The van der Waals surface area contributed by atoms with Crippen LogP contribution in [0.25, 0.3) is 0 Å². The molecule has 4 aromatic rings. The fraction of sp³-hybridized carbons (Fsp3) is 0.316. The van der Waals surface area contributed by atoms with Crippen molar-refractivity contribution in [3.63, 3.8) is 0 Å². The minimum absolute atomic E-state index is 0.0316. The van der Waals surface area contributed by atoms with Crippen LogP contribution in [0, 0.1) is 6.92 Å². The number of sulfonamides is 1. The van der Waals surface area contributed by atoms with E-state index in [2.05, 4.69) is 5.32 Å². The highest BCUT2D eigenvalue weighted by molar-refractivity contribution is 7.92. The third-order valence-electron chi connectivity index (χ3n) is 8.56. The Morgan fingerprint density at radius 2 is 1.52 bits per heavy atom. The van der Waals surface area contributed by atoms with Crippen LogP contribution in [0.5, 0.6) is 5.75 Å². The quantitative estimate of drug-likeness (QED) is 0.155. The third-order valence-corrected chi connectivity index (χ3v) is 10.6. The minimum atomic E-state index is -4.30. The van der Waals surface area contributed by atoms with Crippen LogP contribution in [-0.4, -0.2) is 50.4 Å². The molecule has 2 amide bonds. The van der Waals surface area contributed by atoms with E-state index in [1.165, 1.54) is 29.2 Å². The molecule has 1 aliphatic rings. The van der Waals surface area contributed by atoms with Gasteiger partial charge in [0.05, 0.1) is 17.2 Å². The van der Waals surface area contributed by atoms with Crippen molar-refractivity contribution in [3.8, 4) is 5.75 Å². The van der Waals surface area contributed by atoms with Crippen molar-refractivity contribution in [1.82, 2.24) is 10.2 Å². The fourth-order valence-electron chi connectivity index (χ4n) is 6.00. The van der Waals surface area contributed by atoms with Crippen molar-refractivity contribution in [2.24, 2.45) is 0 Å². The summed E-state index contributed by atoms with van der Waals surface area (Å²) in [6.07, 6.45) is 4.11. The van der Waals surface area contributed by atoms with Crippen molar-refractivity contribution in [1.29, 1.82) is 0 Å². The molecule has 0 bridgehead atoms. The molecular formula is C38H42ClN3O5S. The highest BCUT2D eigenvalue weighted by atomic mass is 35.5. The first-order valence-electron chi connectivity index (χ1n) is 16.3. The van der Waals surface area contributed by atoms with Crippen LogP contribution in [-0.2, 0) is 32.6 Å². The van der Waals surface area contributed by atoms with E-state index in [-0.39, 0.29) is 35.5 Å². The first-order valence-corrected chi connectivity index (χ1v) is 18.2. The summed E-state index contributed by atoms with van der Waals surface area (Å²) in [6, 6.07) is 29.0. The summed E-state index contributed by atoms with van der Waals surface area (Å²) in [7, 11) is -4.30. The smallest absolute Gasteiger partial charge is 0.264 e. The zero-order valence-corrected chi connectivity index (χ0v) is 28.9. The summed E-state index contributed by atoms with van der Waals surface area (Å²) in [5.41, 5.74) is 2.98. The van der Waals surface area contributed by atoms with E-state index in [4.69, 9.17) is 16.3 Å². The Balaban J connectivity index is 1.59. The Morgan fingerprint density at radius 3 is 2.19 bits per heavy atom. The molecule has 1 atom stereocenters. The number of ether oxygens (including phenoxy) is 1. The van der Waals surface area contributed by atoms with Gasteiger partial charge < -0.3 is 15.0 Å². The van der Waals surface area contributed by atoms with Gasteiger partial charge in [-0.15, -0.1) is 0 Å². The van der Waals surface area contributed by atoms with Gasteiger partial charge in [0, 0.05) is 24.0 Å². The van der Waals surface area contributed by atoms with Gasteiger partial charge in [-0.25, -0.2) is 8.42 Å². The Hall–Kier alpha value is -4.34. The largest absolute Gasteiger partial charge is 0.492 e. The number of carbonyl (C=O) groups excluding carboxylic acids is 2. The van der Waals surface area contributed by atoms with Crippen molar-refractivity contribution in [3.05, 3.63) is 125 Å². The summed E-state index contributed by atoms with van der Waals surface area (Å²) in [4.78, 5) is 30.4. The number of nitrogens with zero attached hydrogens (tertiary/aromatic N) is 2. The van der Waals surface area contributed by atoms with Gasteiger partial charge in [0.25, 0.3) is 10.0 Å². The van der Waals surface area contributed by atoms with Crippen LogP contribution >= 0.6 is 11.6 Å². The lowest BCUT2D eigenvalue weighted by Crippen LogP contribution is -2.54. The predicted octanol–water partition coefficient (Wildman–Crippen LogP) is 6.94. The SMILES string of the molecule is CCOc1ccccc1N(CC(=O)N(Cc1ccc(C)cc1)[C@H](Cc1ccccc1)C(=O)NC1CCCC1)S(=O)(=O)c1ccc(Cl)cc1. The van der Waals surface area contributed by atoms with Crippen molar-refractivity contribution in [2.45, 2.75) is 69.5 Å². The van der Waals surface area contributed by atoms with E-state index in [1.54, 1.807) is 31.2 Å². The number of halogens is 1. The van der Waals surface area contributed by atoms with E-state index in [9.17, 15) is 18.0 Å². The average Bonchev–Trinajstić information content (AvgIpc) is 3.60. The molecule has 0 heterocycles. The molecule has 1 saturated carbocycles. The van der Waals surface area contributed by atoms with E-state index >= 15 is 0 Å². The van der Waals surface area contributed by atoms with Gasteiger partial charge in [-0.3, -0.25) is 13.9 Å². The molecule has 48 heavy (non-hydrogen) atoms. The molecule has 0 aliphatic heterocycles. The second-order valence-electron chi connectivity index (χ2n) is 12.1. The molecule has 1 fully saturated rings. The molecule has 0 radical (unpaired) electrons. The number of carbonyl (C=O) groups is 2. The van der Waals surface area contributed by atoms with Crippen molar-refractivity contribution < 1.29 is 22.7 Å². The number of hydrogen-bond acceptors (Lipinski definition) is 5. The normalized spacial score (nSPS) is 13.9. The molecule has 1 aliphatic carbocycles. The zero-order chi connectivity index (χ0) is 34.1. The van der Waals surface area contributed by atoms with Gasteiger partial charge in [-0.1, -0.05) is 96.7 Å². The number of hydrogen-bond donors (Lipinski definition) is 1. The lowest BCUT2D eigenvalue weighted by Gasteiger charge is -2.34. The standard InChI is InChI=1S/C38H42ClN3O5S/c1-3-47-36-16-10-9-15-34(36)42(48(45,46)33-23-21-31(39)22-24-33)27-37(43)41(26-30-19-17-28(2)18-20-30)35(25-29-11-5-4-6-12-29)38(44)40-32-13-7-8-14-32/h4-6,9-12,15-24,32,35H,3,7-8,13-14,25-27H2,1-2H3,(H,40,44)/t35-/m1/s1. The Bertz CT molecular complexity index is 1780.